The molecule has 0 fully saturated rings. The number of imidazole rings is 2. The number of fused-ring (bicyclic) bond motifs is 1. The van der Waals surface area contributed by atoms with Crippen LogP contribution in [0.2, 0.25) is 0 Å². The normalized spacial score (nSPS) is 11.2. The van der Waals surface area contributed by atoms with Crippen LogP contribution in [0.25, 0.3) is 5.65 Å². The SMILES string of the molecule is Cc1nc2ccccn2c1CNCCc1cnc[nH]1. The van der Waals surface area contributed by atoms with Gasteiger partial charge in [0.15, 0.2) is 0 Å². The molecule has 3 heterocycles. The first-order valence-electron chi connectivity index (χ1n) is 6.45. The van der Waals surface area contributed by atoms with Gasteiger partial charge < -0.3 is 14.7 Å². The number of H-pyrrole nitrogens is 1. The van der Waals surface area contributed by atoms with E-state index < -0.39 is 0 Å². The number of nitrogens with one attached hydrogen (secondary N) is 2. The number of aryl methyl sites for hydroxylation is 1. The molecule has 2 N–H and O–H groups in total. The van der Waals surface area contributed by atoms with Crippen molar-refractivity contribution in [2.45, 2.75) is 19.9 Å². The van der Waals surface area contributed by atoms with E-state index in [2.05, 4.69) is 37.8 Å². The van der Waals surface area contributed by atoms with E-state index in [1.165, 1.54) is 5.69 Å². The van der Waals surface area contributed by atoms with Crippen LogP contribution in [-0.4, -0.2) is 25.9 Å². The summed E-state index contributed by atoms with van der Waals surface area (Å²) in [6, 6.07) is 6.07. The quantitative estimate of drug-likeness (QED) is 0.682. The summed E-state index contributed by atoms with van der Waals surface area (Å²) >= 11 is 0. The van der Waals surface area contributed by atoms with Crippen LogP contribution in [0.4, 0.5) is 0 Å². The minimum atomic E-state index is 0.825. The number of hydrogen-bond acceptors (Lipinski definition) is 3. The smallest absolute Gasteiger partial charge is 0.137 e. The fourth-order valence-electron chi connectivity index (χ4n) is 2.23. The molecule has 0 atom stereocenters. The second kappa shape index (κ2) is 5.24. The summed E-state index contributed by atoms with van der Waals surface area (Å²) in [4.78, 5) is 11.7. The molecule has 3 aromatic rings. The van der Waals surface area contributed by atoms with Gasteiger partial charge in [-0.1, -0.05) is 6.07 Å². The highest BCUT2D eigenvalue weighted by Gasteiger charge is 2.07. The number of hydrogen-bond donors (Lipinski definition) is 2. The molecule has 0 aliphatic heterocycles. The third kappa shape index (κ3) is 2.51. The van der Waals surface area contributed by atoms with E-state index in [9.17, 15) is 0 Å². The lowest BCUT2D eigenvalue weighted by Gasteiger charge is -2.05. The summed E-state index contributed by atoms with van der Waals surface area (Å²) < 4.78 is 2.14. The maximum absolute atomic E-state index is 4.55. The van der Waals surface area contributed by atoms with Crippen molar-refractivity contribution in [1.29, 1.82) is 0 Å². The molecule has 0 spiro atoms. The molecule has 98 valence electrons. The summed E-state index contributed by atoms with van der Waals surface area (Å²) in [6.07, 6.45) is 6.59. The van der Waals surface area contributed by atoms with Gasteiger partial charge in [-0.3, -0.25) is 0 Å². The zero-order chi connectivity index (χ0) is 13.1. The molecule has 0 saturated carbocycles. The van der Waals surface area contributed by atoms with Crippen LogP contribution in [0, 0.1) is 6.92 Å². The van der Waals surface area contributed by atoms with Gasteiger partial charge >= 0.3 is 0 Å². The fraction of sp³-hybridized carbons (Fsp3) is 0.286. The summed E-state index contributed by atoms with van der Waals surface area (Å²) in [5.41, 5.74) is 4.47. The van der Waals surface area contributed by atoms with Gasteiger partial charge in [0.2, 0.25) is 0 Å². The van der Waals surface area contributed by atoms with E-state index in [-0.39, 0.29) is 0 Å². The Morgan fingerprint density at radius 1 is 1.37 bits per heavy atom. The van der Waals surface area contributed by atoms with Gasteiger partial charge in [-0.25, -0.2) is 9.97 Å². The van der Waals surface area contributed by atoms with Crippen molar-refractivity contribution in [1.82, 2.24) is 24.7 Å². The Bertz CT molecular complexity index is 654. The Hall–Kier alpha value is -2.14. The van der Waals surface area contributed by atoms with E-state index in [0.29, 0.717) is 0 Å². The first-order valence-corrected chi connectivity index (χ1v) is 6.45. The highest BCUT2D eigenvalue weighted by Crippen LogP contribution is 2.11. The number of aromatic amines is 1. The van der Waals surface area contributed by atoms with Crippen LogP contribution >= 0.6 is 0 Å². The molecule has 0 aliphatic rings. The lowest BCUT2D eigenvalue weighted by atomic mass is 10.3. The molecular weight excluding hydrogens is 238 g/mol. The van der Waals surface area contributed by atoms with E-state index in [0.717, 1.165) is 36.5 Å². The van der Waals surface area contributed by atoms with Gasteiger partial charge in [-0.2, -0.15) is 0 Å². The number of pyridine rings is 1. The van der Waals surface area contributed by atoms with E-state index in [4.69, 9.17) is 0 Å². The Morgan fingerprint density at radius 3 is 3.16 bits per heavy atom. The van der Waals surface area contributed by atoms with Crippen LogP contribution < -0.4 is 5.32 Å². The lowest BCUT2D eigenvalue weighted by Crippen LogP contribution is -2.18. The van der Waals surface area contributed by atoms with E-state index >= 15 is 0 Å². The Morgan fingerprint density at radius 2 is 2.32 bits per heavy atom. The maximum Gasteiger partial charge on any atom is 0.137 e. The fourth-order valence-corrected chi connectivity index (χ4v) is 2.23. The average Bonchev–Trinajstić information content (AvgIpc) is 3.02. The molecule has 0 amide bonds. The second-order valence-corrected chi connectivity index (χ2v) is 4.58. The monoisotopic (exact) mass is 255 g/mol. The summed E-state index contributed by atoms with van der Waals surface area (Å²) in [5, 5.41) is 3.45. The van der Waals surface area contributed by atoms with Gasteiger partial charge in [-0.15, -0.1) is 0 Å². The molecular formula is C14H17N5. The molecule has 0 bridgehead atoms. The summed E-state index contributed by atoms with van der Waals surface area (Å²) in [6.45, 7) is 3.80. The zero-order valence-corrected chi connectivity index (χ0v) is 10.9. The van der Waals surface area contributed by atoms with Crippen LogP contribution in [0.3, 0.4) is 0 Å². The number of rotatable bonds is 5. The van der Waals surface area contributed by atoms with Gasteiger partial charge in [0.05, 0.1) is 17.7 Å². The van der Waals surface area contributed by atoms with Crippen molar-refractivity contribution in [2.24, 2.45) is 0 Å². The zero-order valence-electron chi connectivity index (χ0n) is 10.9. The van der Waals surface area contributed by atoms with E-state index in [1.54, 1.807) is 6.33 Å². The molecule has 3 rings (SSSR count). The lowest BCUT2D eigenvalue weighted by molar-refractivity contribution is 0.663. The first-order chi connectivity index (χ1) is 9.34. The highest BCUT2D eigenvalue weighted by molar-refractivity contribution is 5.42. The first kappa shape index (κ1) is 11.9. The number of aromatic nitrogens is 4. The molecule has 0 aliphatic carbocycles. The van der Waals surface area contributed by atoms with Crippen molar-refractivity contribution in [3.8, 4) is 0 Å². The third-order valence-corrected chi connectivity index (χ3v) is 3.25. The molecule has 5 nitrogen and oxygen atoms in total. The van der Waals surface area contributed by atoms with Gasteiger partial charge in [0.1, 0.15) is 5.65 Å². The van der Waals surface area contributed by atoms with Crippen LogP contribution in [0.5, 0.6) is 0 Å². The Balaban J connectivity index is 1.63. The molecule has 19 heavy (non-hydrogen) atoms. The highest BCUT2D eigenvalue weighted by atomic mass is 15.0. The third-order valence-electron chi connectivity index (χ3n) is 3.25. The van der Waals surface area contributed by atoms with Gasteiger partial charge in [-0.05, 0) is 19.1 Å². The maximum atomic E-state index is 4.55. The molecule has 0 aromatic carbocycles. The van der Waals surface area contributed by atoms with Crippen LogP contribution in [0.15, 0.2) is 36.9 Å². The second-order valence-electron chi connectivity index (χ2n) is 4.58. The number of nitrogens with zero attached hydrogens (tertiary/aromatic N) is 3. The van der Waals surface area contributed by atoms with Crippen LogP contribution in [-0.2, 0) is 13.0 Å². The van der Waals surface area contributed by atoms with Crippen molar-refractivity contribution >= 4 is 5.65 Å². The van der Waals surface area contributed by atoms with Crippen molar-refractivity contribution in [3.05, 3.63) is 54.0 Å². The van der Waals surface area contributed by atoms with Crippen molar-refractivity contribution in [3.63, 3.8) is 0 Å². The summed E-state index contributed by atoms with van der Waals surface area (Å²) in [5.74, 6) is 0. The topological polar surface area (TPSA) is 58.0 Å². The predicted octanol–water partition coefficient (Wildman–Crippen LogP) is 1.70. The molecule has 0 radical (unpaired) electrons. The summed E-state index contributed by atoms with van der Waals surface area (Å²) in [7, 11) is 0. The van der Waals surface area contributed by atoms with Crippen LogP contribution in [0.1, 0.15) is 17.1 Å². The average molecular weight is 255 g/mol. The van der Waals surface area contributed by atoms with Crippen molar-refractivity contribution < 1.29 is 0 Å². The Kier molecular flexibility index (Phi) is 3.29. The molecule has 5 heteroatoms. The Labute approximate surface area is 111 Å². The predicted molar refractivity (Wildman–Crippen MR) is 73.9 cm³/mol. The molecule has 0 saturated heterocycles. The van der Waals surface area contributed by atoms with Gasteiger partial charge in [0.25, 0.3) is 0 Å². The minimum Gasteiger partial charge on any atom is -0.348 e. The standard InChI is InChI=1S/C14H17N5/c1-11-13(19-7-3-2-4-14(19)18-11)9-15-6-5-12-8-16-10-17-12/h2-4,7-8,10,15H,5-6,9H2,1H3,(H,16,17). The van der Waals surface area contributed by atoms with Crippen molar-refractivity contribution in [2.75, 3.05) is 6.54 Å². The largest absolute Gasteiger partial charge is 0.348 e. The molecule has 3 aromatic heterocycles. The molecule has 0 unspecified atom stereocenters. The van der Waals surface area contributed by atoms with E-state index in [1.807, 2.05) is 24.4 Å². The minimum absolute atomic E-state index is 0.825. The van der Waals surface area contributed by atoms with Gasteiger partial charge in [0, 0.05) is 37.6 Å².